The van der Waals surface area contributed by atoms with Crippen molar-refractivity contribution in [2.75, 3.05) is 26.2 Å². The van der Waals surface area contributed by atoms with Gasteiger partial charge in [-0.15, -0.1) is 0 Å². The summed E-state index contributed by atoms with van der Waals surface area (Å²) in [5.74, 6) is 0. The summed E-state index contributed by atoms with van der Waals surface area (Å²) in [5, 5.41) is 14.8. The molecular formula is C18H25N3O2. The van der Waals surface area contributed by atoms with Crippen molar-refractivity contribution in [3.05, 3.63) is 53.3 Å². The molecule has 5 heteroatoms. The third-order valence-electron chi connectivity index (χ3n) is 4.52. The Balaban J connectivity index is 1.57. The van der Waals surface area contributed by atoms with Crippen LogP contribution in [0, 0.1) is 13.8 Å². The lowest BCUT2D eigenvalue weighted by Gasteiger charge is -2.34. The molecule has 0 aliphatic carbocycles. The number of hydrogen-bond donors (Lipinski definition) is 1. The summed E-state index contributed by atoms with van der Waals surface area (Å²) in [6, 6.07) is 8.11. The van der Waals surface area contributed by atoms with E-state index in [4.69, 9.17) is 4.74 Å². The molecule has 3 rings (SSSR count). The number of ether oxygens (including phenoxy) is 1. The maximum Gasteiger partial charge on any atom is 0.0917 e. The minimum Gasteiger partial charge on any atom is -0.387 e. The highest BCUT2D eigenvalue weighted by Crippen LogP contribution is 2.19. The minimum atomic E-state index is -0.460. The van der Waals surface area contributed by atoms with Crippen LogP contribution in [-0.4, -0.2) is 52.1 Å². The molecule has 1 aromatic heterocycles. The Hall–Kier alpha value is -1.69. The number of aliphatic hydroxyl groups excluding tert-OH is 1. The molecule has 2 atom stereocenters. The number of morpholine rings is 1. The van der Waals surface area contributed by atoms with Gasteiger partial charge in [0.15, 0.2) is 0 Å². The van der Waals surface area contributed by atoms with Crippen LogP contribution in [0.5, 0.6) is 0 Å². The molecule has 0 amide bonds. The molecule has 2 aromatic rings. The van der Waals surface area contributed by atoms with Gasteiger partial charge in [0, 0.05) is 32.0 Å². The fraction of sp³-hybridized carbons (Fsp3) is 0.500. The summed E-state index contributed by atoms with van der Waals surface area (Å²) in [4.78, 5) is 2.28. The van der Waals surface area contributed by atoms with Crippen LogP contribution < -0.4 is 0 Å². The topological polar surface area (TPSA) is 50.5 Å². The fourth-order valence-electron chi connectivity index (χ4n) is 3.00. The number of aliphatic hydroxyl groups is 1. The van der Waals surface area contributed by atoms with Crippen molar-refractivity contribution in [1.82, 2.24) is 14.7 Å². The number of aryl methyl sites for hydroxylation is 2. The standard InChI is InChI=1S/C18H25N3O2/c1-14-4-5-16(10-15(14)2)18(22)13-20-8-9-23-17(11-20)12-21-7-3-6-19-21/h3-7,10,17-18,22H,8-9,11-13H2,1-2H3. The third kappa shape index (κ3) is 4.19. The van der Waals surface area contributed by atoms with Gasteiger partial charge in [-0.1, -0.05) is 18.2 Å². The summed E-state index contributed by atoms with van der Waals surface area (Å²) in [6.07, 6.45) is 3.39. The molecule has 2 heterocycles. The van der Waals surface area contributed by atoms with E-state index in [1.807, 2.05) is 23.0 Å². The molecule has 5 nitrogen and oxygen atoms in total. The lowest BCUT2D eigenvalue weighted by Crippen LogP contribution is -2.45. The van der Waals surface area contributed by atoms with Crippen LogP contribution in [0.2, 0.25) is 0 Å². The van der Waals surface area contributed by atoms with Gasteiger partial charge in [-0.3, -0.25) is 9.58 Å². The van der Waals surface area contributed by atoms with E-state index in [1.165, 1.54) is 11.1 Å². The van der Waals surface area contributed by atoms with Crippen LogP contribution in [0.4, 0.5) is 0 Å². The van der Waals surface area contributed by atoms with Crippen molar-refractivity contribution < 1.29 is 9.84 Å². The first-order valence-electron chi connectivity index (χ1n) is 8.18. The lowest BCUT2D eigenvalue weighted by atomic mass is 10.0. The normalized spacial score (nSPS) is 20.6. The molecule has 0 spiro atoms. The maximum absolute atomic E-state index is 10.5. The predicted octanol–water partition coefficient (Wildman–Crippen LogP) is 1.93. The number of rotatable bonds is 5. The second-order valence-electron chi connectivity index (χ2n) is 6.34. The Morgan fingerprint density at radius 2 is 2.22 bits per heavy atom. The zero-order valence-electron chi connectivity index (χ0n) is 13.9. The van der Waals surface area contributed by atoms with Crippen molar-refractivity contribution in [2.45, 2.75) is 32.6 Å². The highest BCUT2D eigenvalue weighted by molar-refractivity contribution is 5.31. The molecule has 23 heavy (non-hydrogen) atoms. The number of hydrogen-bond acceptors (Lipinski definition) is 4. The zero-order chi connectivity index (χ0) is 16.2. The van der Waals surface area contributed by atoms with Gasteiger partial charge in [-0.05, 0) is 36.6 Å². The van der Waals surface area contributed by atoms with Gasteiger partial charge in [0.05, 0.1) is 25.4 Å². The van der Waals surface area contributed by atoms with Crippen LogP contribution in [-0.2, 0) is 11.3 Å². The number of benzene rings is 1. The van der Waals surface area contributed by atoms with Crippen molar-refractivity contribution in [1.29, 1.82) is 0 Å². The number of nitrogens with zero attached hydrogens (tertiary/aromatic N) is 3. The van der Waals surface area contributed by atoms with Crippen LogP contribution in [0.15, 0.2) is 36.7 Å². The van der Waals surface area contributed by atoms with E-state index < -0.39 is 6.10 Å². The highest BCUT2D eigenvalue weighted by atomic mass is 16.5. The highest BCUT2D eigenvalue weighted by Gasteiger charge is 2.23. The second kappa shape index (κ2) is 7.25. The first-order valence-corrected chi connectivity index (χ1v) is 8.18. The molecule has 1 saturated heterocycles. The molecule has 1 fully saturated rings. The lowest BCUT2D eigenvalue weighted by molar-refractivity contribution is -0.0486. The van der Waals surface area contributed by atoms with Crippen LogP contribution >= 0.6 is 0 Å². The first-order chi connectivity index (χ1) is 11.1. The summed E-state index contributed by atoms with van der Waals surface area (Å²) in [7, 11) is 0. The van der Waals surface area contributed by atoms with E-state index in [9.17, 15) is 5.11 Å². The maximum atomic E-state index is 10.5. The van der Waals surface area contributed by atoms with Crippen molar-refractivity contribution in [2.24, 2.45) is 0 Å². The quantitative estimate of drug-likeness (QED) is 0.916. The van der Waals surface area contributed by atoms with E-state index in [-0.39, 0.29) is 6.10 Å². The number of aromatic nitrogens is 2. The van der Waals surface area contributed by atoms with E-state index in [0.717, 1.165) is 25.2 Å². The summed E-state index contributed by atoms with van der Waals surface area (Å²) >= 11 is 0. The van der Waals surface area contributed by atoms with Crippen molar-refractivity contribution >= 4 is 0 Å². The van der Waals surface area contributed by atoms with Gasteiger partial charge in [0.2, 0.25) is 0 Å². The molecule has 1 N–H and O–H groups in total. The Labute approximate surface area is 137 Å². The Morgan fingerprint density at radius 3 is 2.96 bits per heavy atom. The average Bonchev–Trinajstić information content (AvgIpc) is 3.03. The SMILES string of the molecule is Cc1ccc(C(O)CN2CCOC(Cn3cccn3)C2)cc1C. The Bertz CT molecular complexity index is 627. The molecule has 1 aromatic carbocycles. The van der Waals surface area contributed by atoms with Gasteiger partial charge in [-0.25, -0.2) is 0 Å². The average molecular weight is 315 g/mol. The van der Waals surface area contributed by atoms with E-state index in [2.05, 4.69) is 36.0 Å². The fourth-order valence-corrected chi connectivity index (χ4v) is 3.00. The Kier molecular flexibility index (Phi) is 5.10. The largest absolute Gasteiger partial charge is 0.387 e. The van der Waals surface area contributed by atoms with E-state index in [1.54, 1.807) is 6.20 Å². The van der Waals surface area contributed by atoms with Gasteiger partial charge >= 0.3 is 0 Å². The summed E-state index contributed by atoms with van der Waals surface area (Å²) in [6.45, 7) is 7.95. The first kappa shape index (κ1) is 16.2. The molecule has 124 valence electrons. The minimum absolute atomic E-state index is 0.121. The molecule has 0 bridgehead atoms. The predicted molar refractivity (Wildman–Crippen MR) is 89.3 cm³/mol. The smallest absolute Gasteiger partial charge is 0.0917 e. The second-order valence-corrected chi connectivity index (χ2v) is 6.34. The molecular weight excluding hydrogens is 290 g/mol. The summed E-state index contributed by atoms with van der Waals surface area (Å²) < 4.78 is 7.72. The molecule has 1 aliphatic rings. The van der Waals surface area contributed by atoms with Crippen LogP contribution in [0.1, 0.15) is 22.8 Å². The van der Waals surface area contributed by atoms with Gasteiger partial charge in [0.1, 0.15) is 0 Å². The van der Waals surface area contributed by atoms with Gasteiger partial charge < -0.3 is 9.84 Å². The Morgan fingerprint density at radius 1 is 1.35 bits per heavy atom. The monoisotopic (exact) mass is 315 g/mol. The van der Waals surface area contributed by atoms with Crippen molar-refractivity contribution in [3.63, 3.8) is 0 Å². The zero-order valence-corrected chi connectivity index (χ0v) is 13.9. The van der Waals surface area contributed by atoms with E-state index >= 15 is 0 Å². The van der Waals surface area contributed by atoms with Crippen LogP contribution in [0.3, 0.4) is 0 Å². The molecule has 2 unspecified atom stereocenters. The van der Waals surface area contributed by atoms with Gasteiger partial charge in [-0.2, -0.15) is 5.10 Å². The molecule has 1 aliphatic heterocycles. The summed E-state index contributed by atoms with van der Waals surface area (Å²) in [5.41, 5.74) is 3.47. The van der Waals surface area contributed by atoms with Gasteiger partial charge in [0.25, 0.3) is 0 Å². The number of β-amino-alcohol motifs (C(OH)–C–C–N with tert-alkyl or cyclic N) is 1. The van der Waals surface area contributed by atoms with Crippen molar-refractivity contribution in [3.8, 4) is 0 Å². The molecule has 0 saturated carbocycles. The van der Waals surface area contributed by atoms with E-state index in [0.29, 0.717) is 13.2 Å². The van der Waals surface area contributed by atoms with Crippen LogP contribution in [0.25, 0.3) is 0 Å². The third-order valence-corrected chi connectivity index (χ3v) is 4.52. The molecule has 0 radical (unpaired) electrons.